The first-order chi connectivity index (χ1) is 9.88. The van der Waals surface area contributed by atoms with Gasteiger partial charge in [0.1, 0.15) is 0 Å². The van der Waals surface area contributed by atoms with Gasteiger partial charge in [-0.05, 0) is 40.8 Å². The molecule has 0 amide bonds. The lowest BCUT2D eigenvalue weighted by Gasteiger charge is -2.30. The van der Waals surface area contributed by atoms with Crippen LogP contribution in [0.4, 0.5) is 0 Å². The number of nitriles is 1. The normalized spacial score (nSPS) is 16.0. The molecule has 0 radical (unpaired) electrons. The Kier molecular flexibility index (Phi) is 4.15. The quantitative estimate of drug-likeness (QED) is 0.786. The molecule has 1 aliphatic carbocycles. The van der Waals surface area contributed by atoms with Crippen LogP contribution in [0.3, 0.4) is 0 Å². The van der Waals surface area contributed by atoms with Gasteiger partial charge in [0.15, 0.2) is 0 Å². The van der Waals surface area contributed by atoms with Crippen LogP contribution in [-0.4, -0.2) is 10.9 Å². The standard InChI is InChI=1S/C17H18N2S/c18-10-8-17(15-4-2-1-3-5-15)19(16-6-7-16)12-14-9-11-20-13-14/h1-5,9,11,13,16-17H,6-8,12H2. The maximum atomic E-state index is 9.20. The molecule has 1 aromatic heterocycles. The summed E-state index contributed by atoms with van der Waals surface area (Å²) in [4.78, 5) is 2.51. The van der Waals surface area contributed by atoms with E-state index in [2.05, 4.69) is 52.1 Å². The molecular formula is C17H18N2S. The highest BCUT2D eigenvalue weighted by Gasteiger charge is 2.34. The molecule has 2 nitrogen and oxygen atoms in total. The average Bonchev–Trinajstić information content (AvgIpc) is 3.21. The fourth-order valence-electron chi connectivity index (χ4n) is 2.68. The number of benzene rings is 1. The topological polar surface area (TPSA) is 27.0 Å². The van der Waals surface area contributed by atoms with Crippen molar-refractivity contribution in [1.29, 1.82) is 5.26 Å². The molecule has 0 N–H and O–H groups in total. The minimum atomic E-state index is 0.216. The van der Waals surface area contributed by atoms with Crippen molar-refractivity contribution in [1.82, 2.24) is 4.90 Å². The molecule has 102 valence electrons. The Morgan fingerprint density at radius 1 is 1.25 bits per heavy atom. The van der Waals surface area contributed by atoms with E-state index in [4.69, 9.17) is 0 Å². The summed E-state index contributed by atoms with van der Waals surface area (Å²) in [7, 11) is 0. The Labute approximate surface area is 124 Å². The Morgan fingerprint density at radius 3 is 2.65 bits per heavy atom. The third-order valence-corrected chi connectivity index (χ3v) is 4.56. The first-order valence-corrected chi connectivity index (χ1v) is 8.01. The fraction of sp³-hybridized carbons (Fsp3) is 0.353. The van der Waals surface area contributed by atoms with Gasteiger partial charge in [0, 0.05) is 18.6 Å². The van der Waals surface area contributed by atoms with E-state index in [1.165, 1.54) is 24.0 Å². The van der Waals surface area contributed by atoms with E-state index >= 15 is 0 Å². The molecule has 1 atom stereocenters. The van der Waals surface area contributed by atoms with Crippen LogP contribution in [0.2, 0.25) is 0 Å². The highest BCUT2D eigenvalue weighted by molar-refractivity contribution is 7.07. The van der Waals surface area contributed by atoms with Crippen LogP contribution in [0.5, 0.6) is 0 Å². The summed E-state index contributed by atoms with van der Waals surface area (Å²) in [5.41, 5.74) is 2.62. The van der Waals surface area contributed by atoms with Gasteiger partial charge in [-0.3, -0.25) is 4.90 Å². The Morgan fingerprint density at radius 2 is 2.05 bits per heavy atom. The van der Waals surface area contributed by atoms with E-state index in [9.17, 15) is 5.26 Å². The predicted molar refractivity (Wildman–Crippen MR) is 82.3 cm³/mol. The molecule has 20 heavy (non-hydrogen) atoms. The van der Waals surface area contributed by atoms with Crippen LogP contribution < -0.4 is 0 Å². The lowest BCUT2D eigenvalue weighted by molar-refractivity contribution is 0.179. The molecule has 1 saturated carbocycles. The van der Waals surface area contributed by atoms with Crippen molar-refractivity contribution < 1.29 is 0 Å². The van der Waals surface area contributed by atoms with E-state index in [1.54, 1.807) is 11.3 Å². The van der Waals surface area contributed by atoms with E-state index in [0.29, 0.717) is 12.5 Å². The van der Waals surface area contributed by atoms with Crippen molar-refractivity contribution in [2.45, 2.75) is 37.9 Å². The number of thiophene rings is 1. The molecule has 1 fully saturated rings. The summed E-state index contributed by atoms with van der Waals surface area (Å²) in [5, 5.41) is 13.5. The van der Waals surface area contributed by atoms with Gasteiger partial charge in [0.25, 0.3) is 0 Å². The highest BCUT2D eigenvalue weighted by atomic mass is 32.1. The van der Waals surface area contributed by atoms with Gasteiger partial charge < -0.3 is 0 Å². The third kappa shape index (κ3) is 3.09. The monoisotopic (exact) mass is 282 g/mol. The van der Waals surface area contributed by atoms with Crippen LogP contribution in [0.25, 0.3) is 0 Å². The lowest BCUT2D eigenvalue weighted by atomic mass is 10.0. The van der Waals surface area contributed by atoms with Gasteiger partial charge >= 0.3 is 0 Å². The summed E-state index contributed by atoms with van der Waals surface area (Å²) in [6.07, 6.45) is 3.09. The molecule has 0 aliphatic heterocycles. The van der Waals surface area contributed by atoms with Gasteiger partial charge in [0.05, 0.1) is 12.5 Å². The molecule has 1 aliphatic rings. The summed E-state index contributed by atoms with van der Waals surface area (Å²) in [6, 6.07) is 15.9. The highest BCUT2D eigenvalue weighted by Crippen LogP contribution is 2.37. The minimum Gasteiger partial charge on any atom is -0.288 e. The smallest absolute Gasteiger partial charge is 0.0641 e. The molecule has 2 aromatic rings. The van der Waals surface area contributed by atoms with Crippen LogP contribution in [0, 0.1) is 11.3 Å². The number of hydrogen-bond donors (Lipinski definition) is 0. The molecule has 0 saturated heterocycles. The molecule has 1 unspecified atom stereocenters. The fourth-order valence-corrected chi connectivity index (χ4v) is 3.34. The first-order valence-electron chi connectivity index (χ1n) is 7.07. The Balaban J connectivity index is 1.85. The summed E-state index contributed by atoms with van der Waals surface area (Å²) in [5.74, 6) is 0. The lowest BCUT2D eigenvalue weighted by Crippen LogP contribution is -2.30. The second-order valence-corrected chi connectivity index (χ2v) is 6.10. The van der Waals surface area contributed by atoms with Crippen LogP contribution in [-0.2, 0) is 6.54 Å². The van der Waals surface area contributed by atoms with Gasteiger partial charge in [-0.25, -0.2) is 0 Å². The molecule has 0 spiro atoms. The predicted octanol–water partition coefficient (Wildman–Crippen LogP) is 4.37. The van der Waals surface area contributed by atoms with Crippen molar-refractivity contribution >= 4 is 11.3 Å². The number of hydrogen-bond acceptors (Lipinski definition) is 3. The van der Waals surface area contributed by atoms with Crippen molar-refractivity contribution in [3.63, 3.8) is 0 Å². The molecule has 1 aromatic carbocycles. The van der Waals surface area contributed by atoms with Gasteiger partial charge in [-0.1, -0.05) is 30.3 Å². The first kappa shape index (κ1) is 13.4. The largest absolute Gasteiger partial charge is 0.288 e. The second kappa shape index (κ2) is 6.21. The SMILES string of the molecule is N#CCC(c1ccccc1)N(Cc1ccsc1)C1CC1. The van der Waals surface area contributed by atoms with E-state index in [1.807, 2.05) is 6.07 Å². The maximum absolute atomic E-state index is 9.20. The van der Waals surface area contributed by atoms with Crippen LogP contribution >= 0.6 is 11.3 Å². The van der Waals surface area contributed by atoms with Gasteiger partial charge in [-0.2, -0.15) is 16.6 Å². The zero-order valence-corrected chi connectivity index (χ0v) is 12.2. The van der Waals surface area contributed by atoms with Crippen molar-refractivity contribution in [3.05, 3.63) is 58.3 Å². The van der Waals surface area contributed by atoms with Crippen LogP contribution in [0.1, 0.15) is 36.4 Å². The molecule has 3 rings (SSSR count). The molecule has 3 heteroatoms. The van der Waals surface area contributed by atoms with Crippen molar-refractivity contribution in [3.8, 4) is 6.07 Å². The van der Waals surface area contributed by atoms with E-state index < -0.39 is 0 Å². The van der Waals surface area contributed by atoms with E-state index in [-0.39, 0.29) is 6.04 Å². The number of rotatable bonds is 6. The maximum Gasteiger partial charge on any atom is 0.0641 e. The zero-order valence-electron chi connectivity index (χ0n) is 11.4. The van der Waals surface area contributed by atoms with E-state index in [0.717, 1.165) is 6.54 Å². The average molecular weight is 282 g/mol. The Bertz CT molecular complexity index is 567. The molecular weight excluding hydrogens is 264 g/mol. The summed E-state index contributed by atoms with van der Waals surface area (Å²) in [6.45, 7) is 0.954. The van der Waals surface area contributed by atoms with Crippen molar-refractivity contribution in [2.75, 3.05) is 0 Å². The second-order valence-electron chi connectivity index (χ2n) is 5.32. The molecule has 0 bridgehead atoms. The van der Waals surface area contributed by atoms with Gasteiger partial charge in [0.2, 0.25) is 0 Å². The summed E-state index contributed by atoms with van der Waals surface area (Å²) < 4.78 is 0. The minimum absolute atomic E-state index is 0.216. The Hall–Kier alpha value is -1.63. The van der Waals surface area contributed by atoms with Gasteiger partial charge in [-0.15, -0.1) is 0 Å². The van der Waals surface area contributed by atoms with Crippen molar-refractivity contribution in [2.24, 2.45) is 0 Å². The molecule has 1 heterocycles. The zero-order chi connectivity index (χ0) is 13.8. The number of nitrogens with zero attached hydrogens (tertiary/aromatic N) is 2. The van der Waals surface area contributed by atoms with Crippen LogP contribution in [0.15, 0.2) is 47.2 Å². The summed E-state index contributed by atoms with van der Waals surface area (Å²) >= 11 is 1.74. The third-order valence-electron chi connectivity index (χ3n) is 3.83.